The van der Waals surface area contributed by atoms with Crippen LogP contribution >= 0.6 is 0 Å². The number of methoxy groups -OCH3 is 4. The van der Waals surface area contributed by atoms with E-state index in [1.807, 2.05) is 18.2 Å². The monoisotopic (exact) mass is 269 g/mol. The molecule has 1 N–H and O–H groups in total. The molecule has 5 nitrogen and oxygen atoms in total. The summed E-state index contributed by atoms with van der Waals surface area (Å²) in [5.74, 6) is 1.45. The molecule has 0 heterocycles. The highest BCUT2D eigenvalue weighted by Crippen LogP contribution is 2.29. The van der Waals surface area contributed by atoms with Gasteiger partial charge in [0.2, 0.25) is 0 Å². The van der Waals surface area contributed by atoms with Gasteiger partial charge in [-0.15, -0.1) is 0 Å². The van der Waals surface area contributed by atoms with E-state index in [1.54, 1.807) is 28.4 Å². The lowest BCUT2D eigenvalue weighted by Crippen LogP contribution is -2.31. The zero-order chi connectivity index (χ0) is 14.3. The summed E-state index contributed by atoms with van der Waals surface area (Å²) in [6.07, 6.45) is -0.248. The highest BCUT2D eigenvalue weighted by Gasteiger charge is 2.12. The molecule has 1 rings (SSSR count). The topological polar surface area (TPSA) is 49.0 Å². The summed E-state index contributed by atoms with van der Waals surface area (Å²) in [7, 11) is 6.50. The Morgan fingerprint density at radius 3 is 2.16 bits per heavy atom. The molecule has 0 radical (unpaired) electrons. The first-order valence-electron chi connectivity index (χ1n) is 6.17. The van der Waals surface area contributed by atoms with Crippen molar-refractivity contribution in [1.82, 2.24) is 5.32 Å². The highest BCUT2D eigenvalue weighted by atomic mass is 16.7. The third kappa shape index (κ3) is 4.38. The molecule has 0 fully saturated rings. The van der Waals surface area contributed by atoms with Gasteiger partial charge in [0.15, 0.2) is 17.8 Å². The number of hydrogen-bond acceptors (Lipinski definition) is 5. The molecule has 0 amide bonds. The van der Waals surface area contributed by atoms with E-state index in [1.165, 1.54) is 0 Å². The summed E-state index contributed by atoms with van der Waals surface area (Å²) in [6.45, 7) is 2.69. The fourth-order valence-electron chi connectivity index (χ4n) is 1.78. The average Bonchev–Trinajstić information content (AvgIpc) is 2.47. The number of benzene rings is 1. The van der Waals surface area contributed by atoms with E-state index in [-0.39, 0.29) is 12.3 Å². The van der Waals surface area contributed by atoms with Gasteiger partial charge in [-0.1, -0.05) is 6.07 Å². The van der Waals surface area contributed by atoms with Gasteiger partial charge in [-0.05, 0) is 24.6 Å². The van der Waals surface area contributed by atoms with Crippen molar-refractivity contribution in [3.8, 4) is 11.5 Å². The third-order valence-electron chi connectivity index (χ3n) is 3.02. The van der Waals surface area contributed by atoms with E-state index in [4.69, 9.17) is 18.9 Å². The van der Waals surface area contributed by atoms with E-state index >= 15 is 0 Å². The van der Waals surface area contributed by atoms with Gasteiger partial charge in [-0.3, -0.25) is 0 Å². The highest BCUT2D eigenvalue weighted by molar-refractivity contribution is 5.43. The maximum atomic E-state index is 5.29. The Bertz CT molecular complexity index is 380. The van der Waals surface area contributed by atoms with Crippen molar-refractivity contribution in [2.45, 2.75) is 19.3 Å². The lowest BCUT2D eigenvalue weighted by atomic mass is 10.1. The van der Waals surface area contributed by atoms with Crippen molar-refractivity contribution in [2.24, 2.45) is 0 Å². The maximum Gasteiger partial charge on any atom is 0.169 e. The van der Waals surface area contributed by atoms with Crippen molar-refractivity contribution in [2.75, 3.05) is 35.0 Å². The van der Waals surface area contributed by atoms with Gasteiger partial charge in [0.1, 0.15) is 0 Å². The van der Waals surface area contributed by atoms with Crippen molar-refractivity contribution in [3.05, 3.63) is 23.8 Å². The van der Waals surface area contributed by atoms with Crippen LogP contribution in [0.4, 0.5) is 0 Å². The van der Waals surface area contributed by atoms with Crippen LogP contribution in [0, 0.1) is 0 Å². The maximum absolute atomic E-state index is 5.29. The predicted molar refractivity (Wildman–Crippen MR) is 73.8 cm³/mol. The summed E-state index contributed by atoms with van der Waals surface area (Å²) in [5.41, 5.74) is 1.11. The van der Waals surface area contributed by atoms with Crippen molar-refractivity contribution in [3.63, 3.8) is 0 Å². The molecule has 1 unspecified atom stereocenters. The smallest absolute Gasteiger partial charge is 0.169 e. The Morgan fingerprint density at radius 1 is 1.00 bits per heavy atom. The first-order chi connectivity index (χ1) is 9.15. The van der Waals surface area contributed by atoms with Gasteiger partial charge in [0, 0.05) is 26.8 Å². The van der Waals surface area contributed by atoms with Gasteiger partial charge in [-0.2, -0.15) is 0 Å². The van der Waals surface area contributed by atoms with Crippen LogP contribution in [-0.2, 0) is 9.47 Å². The molecule has 1 aromatic rings. The van der Waals surface area contributed by atoms with Crippen LogP contribution in [0.1, 0.15) is 18.5 Å². The van der Waals surface area contributed by atoms with E-state index in [0.29, 0.717) is 6.54 Å². The normalized spacial score (nSPS) is 12.5. The summed E-state index contributed by atoms with van der Waals surface area (Å²) in [6, 6.07) is 6.03. The van der Waals surface area contributed by atoms with Crippen molar-refractivity contribution >= 4 is 0 Å². The fourth-order valence-corrected chi connectivity index (χ4v) is 1.78. The second kappa shape index (κ2) is 7.99. The van der Waals surface area contributed by atoms with Gasteiger partial charge in [0.25, 0.3) is 0 Å². The summed E-state index contributed by atoms with van der Waals surface area (Å²) in [5, 5.41) is 3.34. The minimum Gasteiger partial charge on any atom is -0.493 e. The minimum atomic E-state index is -0.248. The fraction of sp³-hybridized carbons (Fsp3) is 0.571. The Balaban J connectivity index is 2.68. The molecule has 0 aromatic heterocycles. The molecule has 0 aliphatic rings. The minimum absolute atomic E-state index is 0.160. The molecule has 1 atom stereocenters. The zero-order valence-electron chi connectivity index (χ0n) is 12.2. The SMILES string of the molecule is COc1ccc(C(C)NCC(OC)OC)cc1OC. The summed E-state index contributed by atoms with van der Waals surface area (Å²) >= 11 is 0. The Labute approximate surface area is 114 Å². The molecule has 0 saturated carbocycles. The lowest BCUT2D eigenvalue weighted by molar-refractivity contribution is -0.0997. The number of nitrogens with one attached hydrogen (secondary N) is 1. The van der Waals surface area contributed by atoms with Gasteiger partial charge < -0.3 is 24.3 Å². The van der Waals surface area contributed by atoms with E-state index in [0.717, 1.165) is 17.1 Å². The quantitative estimate of drug-likeness (QED) is 0.731. The molecular weight excluding hydrogens is 246 g/mol. The Hall–Kier alpha value is -1.30. The van der Waals surface area contributed by atoms with Crippen LogP contribution in [0.15, 0.2) is 18.2 Å². The van der Waals surface area contributed by atoms with Crippen LogP contribution in [0.5, 0.6) is 11.5 Å². The molecule has 5 heteroatoms. The third-order valence-corrected chi connectivity index (χ3v) is 3.02. The van der Waals surface area contributed by atoms with Crippen molar-refractivity contribution in [1.29, 1.82) is 0 Å². The van der Waals surface area contributed by atoms with Crippen molar-refractivity contribution < 1.29 is 18.9 Å². The molecule has 108 valence electrons. The first-order valence-corrected chi connectivity index (χ1v) is 6.17. The van der Waals surface area contributed by atoms with Crippen LogP contribution < -0.4 is 14.8 Å². The molecular formula is C14H23NO4. The van der Waals surface area contributed by atoms with Crippen LogP contribution in [0.3, 0.4) is 0 Å². The summed E-state index contributed by atoms with van der Waals surface area (Å²) in [4.78, 5) is 0. The summed E-state index contributed by atoms with van der Waals surface area (Å²) < 4.78 is 20.8. The zero-order valence-corrected chi connectivity index (χ0v) is 12.2. The number of ether oxygens (including phenoxy) is 4. The predicted octanol–water partition coefficient (Wildman–Crippen LogP) is 1.97. The second-order valence-electron chi connectivity index (χ2n) is 4.15. The van der Waals surface area contributed by atoms with Gasteiger partial charge in [-0.25, -0.2) is 0 Å². The van der Waals surface area contributed by atoms with Gasteiger partial charge in [0.05, 0.1) is 14.2 Å². The Morgan fingerprint density at radius 2 is 1.63 bits per heavy atom. The average molecular weight is 269 g/mol. The van der Waals surface area contributed by atoms with E-state index < -0.39 is 0 Å². The van der Waals surface area contributed by atoms with E-state index in [9.17, 15) is 0 Å². The first kappa shape index (κ1) is 15.8. The standard InChI is InChI=1S/C14H23NO4/c1-10(15-9-14(18-4)19-5)11-6-7-12(16-2)13(8-11)17-3/h6-8,10,14-15H,9H2,1-5H3. The molecule has 0 bridgehead atoms. The second-order valence-corrected chi connectivity index (χ2v) is 4.15. The molecule has 0 spiro atoms. The molecule has 0 saturated heterocycles. The van der Waals surface area contributed by atoms with Crippen LogP contribution in [0.25, 0.3) is 0 Å². The largest absolute Gasteiger partial charge is 0.493 e. The number of rotatable bonds is 8. The Kier molecular flexibility index (Phi) is 6.62. The van der Waals surface area contributed by atoms with Gasteiger partial charge >= 0.3 is 0 Å². The lowest BCUT2D eigenvalue weighted by Gasteiger charge is -2.19. The molecule has 19 heavy (non-hydrogen) atoms. The molecule has 0 aliphatic heterocycles. The molecule has 1 aromatic carbocycles. The molecule has 0 aliphatic carbocycles. The van der Waals surface area contributed by atoms with Crippen LogP contribution in [0.2, 0.25) is 0 Å². The number of hydrogen-bond donors (Lipinski definition) is 1. The van der Waals surface area contributed by atoms with Crippen LogP contribution in [-0.4, -0.2) is 41.3 Å². The van der Waals surface area contributed by atoms with E-state index in [2.05, 4.69) is 12.2 Å².